The molecule has 0 aromatic heterocycles. The minimum Gasteiger partial charge on any atom is -0.459 e. The van der Waals surface area contributed by atoms with E-state index in [1.54, 1.807) is 30.3 Å². The Bertz CT molecular complexity index is 1110. The molecule has 3 aliphatic rings. The van der Waals surface area contributed by atoms with Gasteiger partial charge in [-0.15, -0.1) is 0 Å². The van der Waals surface area contributed by atoms with Crippen molar-refractivity contribution in [3.05, 3.63) is 52.4 Å². The van der Waals surface area contributed by atoms with Crippen LogP contribution in [0.25, 0.3) is 11.4 Å². The van der Waals surface area contributed by atoms with Crippen LogP contribution >= 0.6 is 15.9 Å². The number of hydrogen-bond donors (Lipinski definition) is 4. The molecule has 1 aromatic rings. The van der Waals surface area contributed by atoms with Gasteiger partial charge in [0.05, 0.1) is 16.7 Å². The fourth-order valence-corrected chi connectivity index (χ4v) is 3.98. The molecular weight excluding hydrogens is 474 g/mol. The molecule has 4 atom stereocenters. The Kier molecular flexibility index (Phi) is 5.62. The van der Waals surface area contributed by atoms with Crippen molar-refractivity contribution in [3.63, 3.8) is 0 Å². The second-order valence-corrected chi connectivity index (χ2v) is 7.64. The highest BCUT2D eigenvalue weighted by Gasteiger charge is 2.45. The molecule has 31 heavy (non-hydrogen) atoms. The summed E-state index contributed by atoms with van der Waals surface area (Å²) in [6, 6.07) is 8.33. The number of benzene rings is 1. The summed E-state index contributed by atoms with van der Waals surface area (Å²) in [7, 11) is 0. The van der Waals surface area contributed by atoms with E-state index in [4.69, 9.17) is 20.9 Å². The maximum atomic E-state index is 12.1. The van der Waals surface area contributed by atoms with Gasteiger partial charge < -0.3 is 31.2 Å². The van der Waals surface area contributed by atoms with Crippen LogP contribution in [0.1, 0.15) is 26.9 Å². The van der Waals surface area contributed by atoms with E-state index in [0.29, 0.717) is 5.56 Å². The minimum atomic E-state index is -1.40. The quantitative estimate of drug-likeness (QED) is 0.365. The van der Waals surface area contributed by atoms with Crippen molar-refractivity contribution < 1.29 is 29.3 Å². The van der Waals surface area contributed by atoms with Gasteiger partial charge in [0, 0.05) is 0 Å². The largest absolute Gasteiger partial charge is 0.459 e. The third-order valence-electron chi connectivity index (χ3n) is 4.95. The first-order chi connectivity index (χ1) is 14.8. The highest BCUT2D eigenvalue weighted by atomic mass is 79.9. The maximum Gasteiger partial charge on any atom is 0.338 e. The number of ether oxygens (including phenoxy) is 2. The average molecular weight is 492 g/mol. The fourth-order valence-electron chi connectivity index (χ4n) is 3.42. The standard InChI is InChI=1S/C19H18BrN5O6/c20-14-10(16(22)28)11-15(21)23-7-25(17(11)24-14)18-13(27)12(26)9(31-18)6-30-19(29)8-4-2-1-3-5-8/h1-5,7,9,12-13,18,26-27H,6,21H2,(H2,22,28)/t9-,12-,13+,18-/m0/s1. The predicted molar refractivity (Wildman–Crippen MR) is 110 cm³/mol. The highest BCUT2D eigenvalue weighted by Crippen LogP contribution is 2.39. The third-order valence-corrected chi connectivity index (χ3v) is 5.53. The summed E-state index contributed by atoms with van der Waals surface area (Å²) < 4.78 is 12.4. The molecule has 1 saturated heterocycles. The Morgan fingerprint density at radius 3 is 2.61 bits per heavy atom. The van der Waals surface area contributed by atoms with Crippen molar-refractivity contribution in [1.82, 2.24) is 14.5 Å². The number of fused-ring (bicyclic) bond motifs is 1. The highest BCUT2D eigenvalue weighted by molar-refractivity contribution is 9.10. The average Bonchev–Trinajstić information content (AvgIpc) is 3.25. The molecule has 1 fully saturated rings. The molecule has 162 valence electrons. The lowest BCUT2D eigenvalue weighted by atomic mass is 10.1. The monoisotopic (exact) mass is 491 g/mol. The van der Waals surface area contributed by atoms with Crippen LogP contribution in [0.4, 0.5) is 5.82 Å². The summed E-state index contributed by atoms with van der Waals surface area (Å²) in [5.74, 6) is -1.17. The summed E-state index contributed by atoms with van der Waals surface area (Å²) in [6.45, 7) is -0.292. The fraction of sp³-hybridized carbons (Fsp3) is 0.263. The van der Waals surface area contributed by atoms with Gasteiger partial charge in [-0.3, -0.25) is 9.36 Å². The second-order valence-electron chi connectivity index (χ2n) is 6.89. The summed E-state index contributed by atoms with van der Waals surface area (Å²) in [5, 5.41) is 21.0. The summed E-state index contributed by atoms with van der Waals surface area (Å²) in [5.41, 5.74) is 11.9. The van der Waals surface area contributed by atoms with E-state index in [1.165, 1.54) is 10.9 Å². The number of nitrogen functional groups attached to an aromatic ring is 1. The first-order valence-electron chi connectivity index (χ1n) is 9.14. The van der Waals surface area contributed by atoms with Crippen LogP contribution in [0.5, 0.6) is 0 Å². The number of halogens is 1. The van der Waals surface area contributed by atoms with Crippen molar-refractivity contribution in [2.45, 2.75) is 24.5 Å². The molecule has 0 spiro atoms. The van der Waals surface area contributed by atoms with Crippen molar-refractivity contribution >= 4 is 33.6 Å². The Hall–Kier alpha value is -3.06. The molecular formula is C19H18BrN5O6. The van der Waals surface area contributed by atoms with E-state index in [9.17, 15) is 19.8 Å². The minimum absolute atomic E-state index is 0.0135. The van der Waals surface area contributed by atoms with E-state index in [-0.39, 0.29) is 34.0 Å². The molecule has 0 radical (unpaired) electrons. The van der Waals surface area contributed by atoms with Gasteiger partial charge in [-0.1, -0.05) is 18.2 Å². The van der Waals surface area contributed by atoms with Crippen molar-refractivity contribution in [1.29, 1.82) is 0 Å². The molecule has 4 rings (SSSR count). The molecule has 6 N–H and O–H groups in total. The van der Waals surface area contributed by atoms with Crippen LogP contribution in [0.3, 0.4) is 0 Å². The van der Waals surface area contributed by atoms with Gasteiger partial charge in [0.15, 0.2) is 6.23 Å². The number of aromatic nitrogens is 3. The molecule has 1 amide bonds. The number of aliphatic hydroxyl groups excluding tert-OH is 2. The number of carbonyl (C=O) groups is 2. The van der Waals surface area contributed by atoms with Gasteiger partial charge in [0.1, 0.15) is 47.5 Å². The number of carbonyl (C=O) groups excluding carboxylic acids is 2. The van der Waals surface area contributed by atoms with Gasteiger partial charge in [-0.05, 0) is 28.1 Å². The van der Waals surface area contributed by atoms with Gasteiger partial charge in [-0.2, -0.15) is 0 Å². The number of amides is 1. The number of primary amides is 1. The number of aliphatic hydroxyl groups is 2. The Morgan fingerprint density at radius 2 is 1.94 bits per heavy atom. The molecule has 3 heterocycles. The molecule has 1 aromatic carbocycles. The molecule has 0 unspecified atom stereocenters. The second kappa shape index (κ2) is 8.23. The SMILES string of the molecule is NC(=O)c1c(Br)nc2n([C@H]3O[C@@H](COC(=O)c4ccccc4)[C@H](O)[C@H]3O)cnc(N)c1-2. The zero-order valence-electron chi connectivity index (χ0n) is 15.9. The lowest BCUT2D eigenvalue weighted by Gasteiger charge is -2.21. The maximum absolute atomic E-state index is 12.1. The van der Waals surface area contributed by atoms with Gasteiger partial charge >= 0.3 is 5.97 Å². The third kappa shape index (κ3) is 3.74. The molecule has 0 bridgehead atoms. The molecule has 0 saturated carbocycles. The van der Waals surface area contributed by atoms with Gasteiger partial charge in [-0.25, -0.2) is 14.8 Å². The molecule has 11 nitrogen and oxygen atoms in total. The normalized spacial score (nSPS) is 23.2. The number of hydrogen-bond acceptors (Lipinski definition) is 9. The topological polar surface area (TPSA) is 176 Å². The van der Waals surface area contributed by atoms with Crippen LogP contribution in [0, 0.1) is 0 Å². The smallest absolute Gasteiger partial charge is 0.338 e. The number of nitrogens with zero attached hydrogens (tertiary/aromatic N) is 3. The molecule has 0 aliphatic carbocycles. The number of esters is 1. The van der Waals surface area contributed by atoms with E-state index in [2.05, 4.69) is 25.9 Å². The van der Waals surface area contributed by atoms with Crippen LogP contribution in [0.2, 0.25) is 0 Å². The van der Waals surface area contributed by atoms with Crippen molar-refractivity contribution in [3.8, 4) is 11.4 Å². The van der Waals surface area contributed by atoms with Crippen LogP contribution in [-0.4, -0.2) is 61.5 Å². The van der Waals surface area contributed by atoms with Crippen LogP contribution in [0.15, 0.2) is 41.3 Å². The van der Waals surface area contributed by atoms with Crippen LogP contribution in [-0.2, 0) is 9.47 Å². The predicted octanol–water partition coefficient (Wildman–Crippen LogP) is 0.303. The van der Waals surface area contributed by atoms with E-state index in [0.717, 1.165) is 0 Å². The van der Waals surface area contributed by atoms with E-state index < -0.39 is 36.4 Å². The summed E-state index contributed by atoms with van der Waals surface area (Å²) in [4.78, 5) is 32.2. The number of rotatable bonds is 5. The lowest BCUT2D eigenvalue weighted by Crippen LogP contribution is -2.34. The molecule has 3 aliphatic heterocycles. The zero-order chi connectivity index (χ0) is 22.3. The number of anilines is 1. The Balaban J connectivity index is 1.57. The lowest BCUT2D eigenvalue weighted by molar-refractivity contribution is -0.0580. The van der Waals surface area contributed by atoms with Crippen LogP contribution < -0.4 is 11.5 Å². The Morgan fingerprint density at radius 1 is 1.23 bits per heavy atom. The van der Waals surface area contributed by atoms with Gasteiger partial charge in [0.2, 0.25) is 0 Å². The summed E-state index contributed by atoms with van der Waals surface area (Å²) >= 11 is 3.17. The number of nitrogens with two attached hydrogens (primary N) is 2. The first kappa shape index (κ1) is 21.2. The van der Waals surface area contributed by atoms with E-state index >= 15 is 0 Å². The first-order valence-corrected chi connectivity index (χ1v) is 9.94. The van der Waals surface area contributed by atoms with Crippen molar-refractivity contribution in [2.75, 3.05) is 12.3 Å². The van der Waals surface area contributed by atoms with Gasteiger partial charge in [0.25, 0.3) is 5.91 Å². The Labute approximate surface area is 184 Å². The van der Waals surface area contributed by atoms with Crippen molar-refractivity contribution in [2.24, 2.45) is 5.73 Å². The summed E-state index contributed by atoms with van der Waals surface area (Å²) in [6.07, 6.45) is -3.63. The molecule has 12 heteroatoms. The van der Waals surface area contributed by atoms with E-state index in [1.807, 2.05) is 0 Å². The zero-order valence-corrected chi connectivity index (χ0v) is 17.5.